The van der Waals surface area contributed by atoms with Gasteiger partial charge in [-0.25, -0.2) is 0 Å². The summed E-state index contributed by atoms with van der Waals surface area (Å²) in [5.74, 6) is -1.43. The van der Waals surface area contributed by atoms with Crippen molar-refractivity contribution in [1.82, 2.24) is 5.32 Å². The molecule has 0 heterocycles. The number of rotatable bonds is 4. The Kier molecular flexibility index (Phi) is 5.24. The van der Waals surface area contributed by atoms with Crippen molar-refractivity contribution < 1.29 is 22.7 Å². The SMILES string of the molecule is COC(=O)C1(NCC(C)C)CCC(C(F)(F)F)CC1. The van der Waals surface area contributed by atoms with E-state index in [0.29, 0.717) is 12.5 Å². The molecule has 0 saturated heterocycles. The quantitative estimate of drug-likeness (QED) is 0.805. The van der Waals surface area contributed by atoms with Crippen molar-refractivity contribution in [3.05, 3.63) is 0 Å². The minimum absolute atomic E-state index is 0.0241. The zero-order valence-electron chi connectivity index (χ0n) is 11.6. The summed E-state index contributed by atoms with van der Waals surface area (Å²) in [6.45, 7) is 4.56. The molecule has 0 aliphatic heterocycles. The first-order valence-electron chi connectivity index (χ1n) is 6.61. The molecule has 6 heteroatoms. The molecule has 1 fully saturated rings. The summed E-state index contributed by atoms with van der Waals surface area (Å²) in [4.78, 5) is 11.9. The van der Waals surface area contributed by atoms with Crippen molar-refractivity contribution in [3.63, 3.8) is 0 Å². The molecule has 1 aliphatic rings. The van der Waals surface area contributed by atoms with E-state index in [1.807, 2.05) is 13.8 Å². The van der Waals surface area contributed by atoms with Gasteiger partial charge in [0.2, 0.25) is 0 Å². The molecule has 112 valence electrons. The lowest BCUT2D eigenvalue weighted by Crippen LogP contribution is -2.56. The number of carbonyl (C=O) groups is 1. The Bertz CT molecular complexity index is 308. The van der Waals surface area contributed by atoms with Crippen LogP contribution in [0.25, 0.3) is 0 Å². The standard InChI is InChI=1S/C13H22F3NO2/c1-9(2)8-17-12(11(18)19-3)6-4-10(5-7-12)13(14,15)16/h9-10,17H,4-8H2,1-3H3. The molecule has 0 amide bonds. The monoisotopic (exact) mass is 281 g/mol. The van der Waals surface area contributed by atoms with Crippen LogP contribution in [0.3, 0.4) is 0 Å². The zero-order chi connectivity index (χ0) is 14.7. The van der Waals surface area contributed by atoms with Crippen molar-refractivity contribution in [2.45, 2.75) is 51.2 Å². The highest BCUT2D eigenvalue weighted by Gasteiger charge is 2.49. The Morgan fingerprint density at radius 1 is 1.37 bits per heavy atom. The summed E-state index contributed by atoms with van der Waals surface area (Å²) in [6, 6.07) is 0. The Balaban J connectivity index is 2.72. The Morgan fingerprint density at radius 3 is 2.26 bits per heavy atom. The molecule has 0 bridgehead atoms. The number of hydrogen-bond donors (Lipinski definition) is 1. The van der Waals surface area contributed by atoms with Gasteiger partial charge < -0.3 is 10.1 Å². The van der Waals surface area contributed by atoms with Crippen molar-refractivity contribution >= 4 is 5.97 Å². The second-order valence-corrected chi connectivity index (χ2v) is 5.66. The van der Waals surface area contributed by atoms with Crippen LogP contribution in [0.2, 0.25) is 0 Å². The van der Waals surface area contributed by atoms with Crippen LogP contribution in [-0.2, 0) is 9.53 Å². The van der Waals surface area contributed by atoms with Crippen LogP contribution < -0.4 is 5.32 Å². The lowest BCUT2D eigenvalue weighted by Gasteiger charge is -2.39. The highest BCUT2D eigenvalue weighted by atomic mass is 19.4. The summed E-state index contributed by atoms with van der Waals surface area (Å²) in [6.07, 6.45) is -3.86. The van der Waals surface area contributed by atoms with E-state index in [9.17, 15) is 18.0 Å². The number of methoxy groups -OCH3 is 1. The number of halogens is 3. The lowest BCUT2D eigenvalue weighted by molar-refractivity contribution is -0.188. The molecule has 0 aromatic carbocycles. The summed E-state index contributed by atoms with van der Waals surface area (Å²) < 4.78 is 42.7. The third-order valence-corrected chi connectivity index (χ3v) is 3.73. The van der Waals surface area contributed by atoms with Gasteiger partial charge in [0.15, 0.2) is 0 Å². The van der Waals surface area contributed by atoms with Crippen LogP contribution in [0.4, 0.5) is 13.2 Å². The summed E-state index contributed by atoms with van der Waals surface area (Å²) >= 11 is 0. The second-order valence-electron chi connectivity index (χ2n) is 5.66. The van der Waals surface area contributed by atoms with Gasteiger partial charge in [-0.3, -0.25) is 4.79 Å². The van der Waals surface area contributed by atoms with Gasteiger partial charge in [-0.1, -0.05) is 13.8 Å². The molecular formula is C13H22F3NO2. The zero-order valence-corrected chi connectivity index (χ0v) is 11.6. The minimum atomic E-state index is -4.17. The molecule has 1 aliphatic carbocycles. The smallest absolute Gasteiger partial charge is 0.391 e. The largest absolute Gasteiger partial charge is 0.468 e. The fourth-order valence-electron chi connectivity index (χ4n) is 2.49. The molecule has 1 N–H and O–H groups in total. The fraction of sp³-hybridized carbons (Fsp3) is 0.923. The lowest BCUT2D eigenvalue weighted by atomic mass is 9.76. The van der Waals surface area contributed by atoms with Gasteiger partial charge in [0.05, 0.1) is 13.0 Å². The summed E-state index contributed by atoms with van der Waals surface area (Å²) in [5, 5.41) is 3.12. The van der Waals surface area contributed by atoms with Crippen LogP contribution in [-0.4, -0.2) is 31.3 Å². The van der Waals surface area contributed by atoms with E-state index in [2.05, 4.69) is 5.32 Å². The Hall–Kier alpha value is -0.780. The third-order valence-electron chi connectivity index (χ3n) is 3.73. The van der Waals surface area contributed by atoms with E-state index in [1.165, 1.54) is 7.11 Å². The van der Waals surface area contributed by atoms with Gasteiger partial charge in [0, 0.05) is 0 Å². The van der Waals surface area contributed by atoms with Crippen LogP contribution in [0, 0.1) is 11.8 Å². The van der Waals surface area contributed by atoms with Gasteiger partial charge in [0.25, 0.3) is 0 Å². The number of carbonyl (C=O) groups excluding carboxylic acids is 1. The first kappa shape index (κ1) is 16.3. The molecule has 0 spiro atoms. The summed E-state index contributed by atoms with van der Waals surface area (Å²) in [7, 11) is 1.27. The maximum Gasteiger partial charge on any atom is 0.391 e. The van der Waals surface area contributed by atoms with Crippen molar-refractivity contribution in [1.29, 1.82) is 0 Å². The number of alkyl halides is 3. The fourth-order valence-corrected chi connectivity index (χ4v) is 2.49. The highest BCUT2D eigenvalue weighted by molar-refractivity contribution is 5.80. The molecule has 0 radical (unpaired) electrons. The van der Waals surface area contributed by atoms with Gasteiger partial charge in [-0.2, -0.15) is 13.2 Å². The van der Waals surface area contributed by atoms with E-state index >= 15 is 0 Å². The maximum absolute atomic E-state index is 12.7. The molecule has 0 unspecified atom stereocenters. The predicted molar refractivity (Wildman–Crippen MR) is 65.6 cm³/mol. The second kappa shape index (κ2) is 6.11. The number of esters is 1. The Labute approximate surface area is 111 Å². The molecular weight excluding hydrogens is 259 g/mol. The normalized spacial score (nSPS) is 28.5. The number of ether oxygens (including phenoxy) is 1. The molecule has 0 aromatic heterocycles. The molecule has 19 heavy (non-hydrogen) atoms. The topological polar surface area (TPSA) is 38.3 Å². The highest BCUT2D eigenvalue weighted by Crippen LogP contribution is 2.41. The summed E-state index contributed by atoms with van der Waals surface area (Å²) in [5.41, 5.74) is -0.944. The first-order valence-corrected chi connectivity index (χ1v) is 6.61. The van der Waals surface area contributed by atoms with Gasteiger partial charge in [0.1, 0.15) is 5.54 Å². The predicted octanol–water partition coefficient (Wildman–Crippen LogP) is 2.90. The average Bonchev–Trinajstić information content (AvgIpc) is 2.34. The van der Waals surface area contributed by atoms with Crippen LogP contribution >= 0.6 is 0 Å². The Morgan fingerprint density at radius 2 is 1.89 bits per heavy atom. The van der Waals surface area contributed by atoms with Gasteiger partial charge in [-0.05, 0) is 38.1 Å². The van der Waals surface area contributed by atoms with E-state index in [1.54, 1.807) is 0 Å². The van der Waals surface area contributed by atoms with Gasteiger partial charge in [-0.15, -0.1) is 0 Å². The third kappa shape index (κ3) is 4.09. The van der Waals surface area contributed by atoms with Gasteiger partial charge >= 0.3 is 12.1 Å². The average molecular weight is 281 g/mol. The van der Waals surface area contributed by atoms with E-state index in [4.69, 9.17) is 4.74 Å². The molecule has 0 aromatic rings. The van der Waals surface area contributed by atoms with E-state index in [0.717, 1.165) is 0 Å². The van der Waals surface area contributed by atoms with Crippen LogP contribution in [0.1, 0.15) is 39.5 Å². The molecule has 3 nitrogen and oxygen atoms in total. The van der Waals surface area contributed by atoms with Crippen LogP contribution in [0.15, 0.2) is 0 Å². The molecule has 1 saturated carbocycles. The minimum Gasteiger partial charge on any atom is -0.468 e. The maximum atomic E-state index is 12.7. The molecule has 1 rings (SSSR count). The van der Waals surface area contributed by atoms with E-state index < -0.39 is 23.6 Å². The number of hydrogen-bond acceptors (Lipinski definition) is 3. The van der Waals surface area contributed by atoms with Crippen molar-refractivity contribution in [3.8, 4) is 0 Å². The number of nitrogens with one attached hydrogen (secondary N) is 1. The van der Waals surface area contributed by atoms with E-state index in [-0.39, 0.29) is 25.7 Å². The van der Waals surface area contributed by atoms with Crippen LogP contribution in [0.5, 0.6) is 0 Å². The molecule has 0 atom stereocenters. The first-order chi connectivity index (χ1) is 8.71. The van der Waals surface area contributed by atoms with Crippen molar-refractivity contribution in [2.75, 3.05) is 13.7 Å². The van der Waals surface area contributed by atoms with Crippen molar-refractivity contribution in [2.24, 2.45) is 11.8 Å².